The van der Waals surface area contributed by atoms with E-state index in [1.54, 1.807) is 64.2 Å². The molecule has 0 aromatic rings. The van der Waals surface area contributed by atoms with Gasteiger partial charge in [0.1, 0.15) is 0 Å². The lowest BCUT2D eigenvalue weighted by atomic mass is 9.42. The van der Waals surface area contributed by atoms with Gasteiger partial charge in [0.15, 0.2) is 0 Å². The topological polar surface area (TPSA) is 0 Å². The van der Waals surface area contributed by atoms with Gasteiger partial charge in [-0.3, -0.25) is 0 Å². The van der Waals surface area contributed by atoms with Gasteiger partial charge >= 0.3 is 0 Å². The third-order valence-corrected chi connectivity index (χ3v) is 7.04. The molecule has 0 aromatic heterocycles. The molecule has 6 rings (SSSR count). The number of hydrogen-bond donors (Lipinski definition) is 0. The first-order valence-electron chi connectivity index (χ1n) is 7.78. The second-order valence-corrected chi connectivity index (χ2v) is 8.23. The summed E-state index contributed by atoms with van der Waals surface area (Å²) in [6.45, 7) is 0. The third kappa shape index (κ3) is 1.03. The average Bonchev–Trinajstić information content (AvgIpc) is 3.10. The van der Waals surface area contributed by atoms with Crippen molar-refractivity contribution in [2.24, 2.45) is 34.5 Å². The average molecular weight is 216 g/mol. The Kier molecular flexibility index (Phi) is 1.43. The van der Waals surface area contributed by atoms with Crippen molar-refractivity contribution in [2.75, 3.05) is 0 Å². The molecule has 0 saturated heterocycles. The van der Waals surface area contributed by atoms with E-state index in [1.807, 2.05) is 0 Å². The zero-order valence-electron chi connectivity index (χ0n) is 10.4. The molecule has 0 aromatic carbocycles. The van der Waals surface area contributed by atoms with Crippen molar-refractivity contribution in [2.45, 2.75) is 64.2 Å². The summed E-state index contributed by atoms with van der Waals surface area (Å²) in [4.78, 5) is 0. The number of hydrogen-bond acceptors (Lipinski definition) is 0. The summed E-state index contributed by atoms with van der Waals surface area (Å²) >= 11 is 0. The predicted octanol–water partition coefficient (Wildman–Crippen LogP) is 4.39. The summed E-state index contributed by atoms with van der Waals surface area (Å²) < 4.78 is 0. The molecule has 6 saturated carbocycles. The normalized spacial score (nSPS) is 59.2. The van der Waals surface area contributed by atoms with E-state index in [1.165, 1.54) is 23.7 Å². The molecule has 88 valence electrons. The van der Waals surface area contributed by atoms with E-state index in [0.29, 0.717) is 0 Å². The minimum Gasteiger partial charge on any atom is -0.0496 e. The standard InChI is InChI=1S/C16H24/c1-2-13(1)15-6-11-5-12(7-15)9-16(8-11,10-15)14-3-4-14/h11-14H,1-10H2. The van der Waals surface area contributed by atoms with Crippen LogP contribution >= 0.6 is 0 Å². The Morgan fingerprint density at radius 2 is 1.06 bits per heavy atom. The molecular formula is C16H24. The highest BCUT2D eigenvalue weighted by atomic mass is 14.7. The molecule has 6 aliphatic rings. The molecule has 0 unspecified atom stereocenters. The summed E-state index contributed by atoms with van der Waals surface area (Å²) in [5.74, 6) is 4.72. The molecule has 0 radical (unpaired) electrons. The van der Waals surface area contributed by atoms with Crippen molar-refractivity contribution >= 4 is 0 Å². The number of rotatable bonds is 2. The van der Waals surface area contributed by atoms with Gasteiger partial charge in [0.05, 0.1) is 0 Å². The van der Waals surface area contributed by atoms with Crippen LogP contribution in [-0.2, 0) is 0 Å². The van der Waals surface area contributed by atoms with Crippen LogP contribution in [0, 0.1) is 34.5 Å². The monoisotopic (exact) mass is 216 g/mol. The van der Waals surface area contributed by atoms with Crippen LogP contribution in [0.5, 0.6) is 0 Å². The molecule has 6 aliphatic carbocycles. The lowest BCUT2D eigenvalue weighted by Crippen LogP contribution is -2.53. The van der Waals surface area contributed by atoms with Crippen LogP contribution in [0.4, 0.5) is 0 Å². The molecule has 4 bridgehead atoms. The van der Waals surface area contributed by atoms with Gasteiger partial charge in [-0.25, -0.2) is 0 Å². The zero-order chi connectivity index (χ0) is 10.4. The summed E-state index contributed by atoms with van der Waals surface area (Å²) in [6.07, 6.45) is 16.3. The maximum absolute atomic E-state index is 1.68. The van der Waals surface area contributed by atoms with E-state index in [-0.39, 0.29) is 0 Å². The van der Waals surface area contributed by atoms with Gasteiger partial charge in [-0.2, -0.15) is 0 Å². The molecule has 0 atom stereocenters. The molecule has 16 heavy (non-hydrogen) atoms. The van der Waals surface area contributed by atoms with Gasteiger partial charge in [-0.1, -0.05) is 0 Å². The molecule has 6 fully saturated rings. The smallest absolute Gasteiger partial charge is 0.0259 e. The first-order chi connectivity index (χ1) is 7.78. The van der Waals surface area contributed by atoms with Crippen molar-refractivity contribution in [1.82, 2.24) is 0 Å². The summed E-state index contributed by atoms with van der Waals surface area (Å²) in [6, 6.07) is 0. The minimum absolute atomic E-state index is 0.896. The fraction of sp³-hybridized carbons (Fsp3) is 1.00. The van der Waals surface area contributed by atoms with Crippen LogP contribution in [-0.4, -0.2) is 0 Å². The molecule has 0 amide bonds. The second kappa shape index (κ2) is 2.54. The van der Waals surface area contributed by atoms with Crippen LogP contribution in [0.1, 0.15) is 64.2 Å². The summed E-state index contributed by atoms with van der Waals surface area (Å²) in [5.41, 5.74) is 1.79. The van der Waals surface area contributed by atoms with Gasteiger partial charge in [-0.15, -0.1) is 0 Å². The molecule has 0 N–H and O–H groups in total. The van der Waals surface area contributed by atoms with Crippen molar-refractivity contribution in [3.63, 3.8) is 0 Å². The maximum atomic E-state index is 1.68. The van der Waals surface area contributed by atoms with Gasteiger partial charge in [0.2, 0.25) is 0 Å². The van der Waals surface area contributed by atoms with Crippen molar-refractivity contribution in [3.8, 4) is 0 Å². The SMILES string of the molecule is C1C2CC3(C4CC4)CC1CC(C1CC1)(C2)C3. The Labute approximate surface area is 99.2 Å². The molecule has 0 heteroatoms. The van der Waals surface area contributed by atoms with Crippen molar-refractivity contribution < 1.29 is 0 Å². The van der Waals surface area contributed by atoms with Crippen LogP contribution < -0.4 is 0 Å². The van der Waals surface area contributed by atoms with Gasteiger partial charge in [0.25, 0.3) is 0 Å². The lowest BCUT2D eigenvalue weighted by molar-refractivity contribution is -0.130. The van der Waals surface area contributed by atoms with Crippen LogP contribution in [0.25, 0.3) is 0 Å². The van der Waals surface area contributed by atoms with E-state index in [0.717, 1.165) is 10.8 Å². The predicted molar refractivity (Wildman–Crippen MR) is 65.0 cm³/mol. The molecule has 0 spiro atoms. The van der Waals surface area contributed by atoms with Crippen molar-refractivity contribution in [3.05, 3.63) is 0 Å². The lowest BCUT2D eigenvalue weighted by Gasteiger charge is -2.63. The Balaban J connectivity index is 1.58. The largest absolute Gasteiger partial charge is 0.0496 e. The summed E-state index contributed by atoms with van der Waals surface area (Å²) in [5, 5.41) is 0. The highest BCUT2D eigenvalue weighted by Gasteiger charge is 2.64. The zero-order valence-corrected chi connectivity index (χ0v) is 10.4. The van der Waals surface area contributed by atoms with E-state index in [2.05, 4.69) is 0 Å². The minimum atomic E-state index is 0.896. The quantitative estimate of drug-likeness (QED) is 0.642. The van der Waals surface area contributed by atoms with Crippen LogP contribution in [0.3, 0.4) is 0 Å². The molecular weight excluding hydrogens is 192 g/mol. The van der Waals surface area contributed by atoms with Gasteiger partial charge in [0, 0.05) is 0 Å². The fourth-order valence-electron chi connectivity index (χ4n) is 6.75. The first-order valence-corrected chi connectivity index (χ1v) is 7.78. The van der Waals surface area contributed by atoms with Gasteiger partial charge in [-0.05, 0) is 98.7 Å². The third-order valence-electron chi connectivity index (χ3n) is 7.04. The van der Waals surface area contributed by atoms with Crippen LogP contribution in [0.15, 0.2) is 0 Å². The summed E-state index contributed by atoms with van der Waals surface area (Å²) in [7, 11) is 0. The molecule has 0 aliphatic heterocycles. The maximum Gasteiger partial charge on any atom is -0.0259 e. The van der Waals surface area contributed by atoms with E-state index >= 15 is 0 Å². The Morgan fingerprint density at radius 3 is 1.44 bits per heavy atom. The van der Waals surface area contributed by atoms with E-state index in [9.17, 15) is 0 Å². The highest BCUT2D eigenvalue weighted by Crippen LogP contribution is 2.74. The van der Waals surface area contributed by atoms with Gasteiger partial charge < -0.3 is 0 Å². The Bertz CT molecular complexity index is 290. The van der Waals surface area contributed by atoms with E-state index in [4.69, 9.17) is 0 Å². The van der Waals surface area contributed by atoms with E-state index < -0.39 is 0 Å². The highest BCUT2D eigenvalue weighted by molar-refractivity contribution is 5.14. The second-order valence-electron chi connectivity index (χ2n) is 8.23. The Morgan fingerprint density at radius 1 is 0.625 bits per heavy atom. The Hall–Kier alpha value is 0. The molecule has 0 nitrogen and oxygen atoms in total. The van der Waals surface area contributed by atoms with Crippen molar-refractivity contribution in [1.29, 1.82) is 0 Å². The first kappa shape index (κ1) is 9.00. The molecule has 0 heterocycles. The van der Waals surface area contributed by atoms with Crippen LogP contribution in [0.2, 0.25) is 0 Å². The fourth-order valence-corrected chi connectivity index (χ4v) is 6.75.